The highest BCUT2D eigenvalue weighted by Crippen LogP contribution is 2.32. The van der Waals surface area contributed by atoms with E-state index in [2.05, 4.69) is 0 Å². The predicted octanol–water partition coefficient (Wildman–Crippen LogP) is 2.67. The number of halogens is 1. The van der Waals surface area contributed by atoms with Crippen LogP contribution in [-0.2, 0) is 10.4 Å². The van der Waals surface area contributed by atoms with Gasteiger partial charge in [0.05, 0.1) is 0 Å². The summed E-state index contributed by atoms with van der Waals surface area (Å²) < 4.78 is 14.4. The van der Waals surface area contributed by atoms with Crippen LogP contribution in [0.5, 0.6) is 0 Å². The average molecular weight is 287 g/mol. The van der Waals surface area contributed by atoms with E-state index in [4.69, 9.17) is 5.73 Å². The first-order chi connectivity index (χ1) is 9.87. The summed E-state index contributed by atoms with van der Waals surface area (Å²) >= 11 is 0. The van der Waals surface area contributed by atoms with Crippen LogP contribution in [-0.4, -0.2) is 11.0 Å². The van der Waals surface area contributed by atoms with Crippen molar-refractivity contribution in [3.63, 3.8) is 0 Å². The van der Waals surface area contributed by atoms with Crippen molar-refractivity contribution in [2.75, 3.05) is 0 Å². The fourth-order valence-corrected chi connectivity index (χ4v) is 2.29. The first kappa shape index (κ1) is 15.2. The number of carbonyl (C=O) groups is 1. The summed E-state index contributed by atoms with van der Waals surface area (Å²) in [6.07, 6.45) is 0. The van der Waals surface area contributed by atoms with Gasteiger partial charge >= 0.3 is 0 Å². The number of hydrogen-bond donors (Lipinski definition) is 2. The molecule has 110 valence electrons. The second kappa shape index (κ2) is 5.66. The summed E-state index contributed by atoms with van der Waals surface area (Å²) in [6.45, 7) is 3.87. The van der Waals surface area contributed by atoms with Crippen molar-refractivity contribution in [3.8, 4) is 0 Å². The Morgan fingerprint density at radius 1 is 1.19 bits per heavy atom. The number of nitrogens with two attached hydrogens (primary N) is 1. The van der Waals surface area contributed by atoms with Crippen LogP contribution in [0, 0.1) is 5.82 Å². The molecule has 0 aliphatic heterocycles. The van der Waals surface area contributed by atoms with Gasteiger partial charge in [0, 0.05) is 5.56 Å². The fraction of sp³-hybridized carbons (Fsp3) is 0.235. The van der Waals surface area contributed by atoms with Crippen LogP contribution in [0.4, 0.5) is 4.39 Å². The highest BCUT2D eigenvalue weighted by atomic mass is 19.1. The molecule has 1 amide bonds. The highest BCUT2D eigenvalue weighted by molar-refractivity contribution is 5.88. The topological polar surface area (TPSA) is 63.3 Å². The van der Waals surface area contributed by atoms with Crippen LogP contribution < -0.4 is 5.73 Å². The molecule has 3 N–H and O–H groups in total. The standard InChI is InChI=1S/C17H18FNO2/c1-11(2)12-8-9-14(15(18)10-12)17(21,16(19)20)13-6-4-3-5-7-13/h3-11,21H,1-2H3,(H2,19,20). The molecule has 0 aliphatic rings. The summed E-state index contributed by atoms with van der Waals surface area (Å²) in [5.74, 6) is -1.51. The zero-order chi connectivity index (χ0) is 15.6. The maximum absolute atomic E-state index is 14.4. The SMILES string of the molecule is CC(C)c1ccc(C(O)(C(N)=O)c2ccccc2)c(F)c1. The molecule has 0 bridgehead atoms. The van der Waals surface area contributed by atoms with Gasteiger partial charge in [-0.15, -0.1) is 0 Å². The Labute approximate surface area is 123 Å². The molecule has 2 aromatic rings. The molecule has 2 aromatic carbocycles. The predicted molar refractivity (Wildman–Crippen MR) is 79.1 cm³/mol. The molecule has 0 spiro atoms. The number of primary amides is 1. The lowest BCUT2D eigenvalue weighted by atomic mass is 9.84. The smallest absolute Gasteiger partial charge is 0.258 e. The van der Waals surface area contributed by atoms with Crippen molar-refractivity contribution in [1.29, 1.82) is 0 Å². The van der Waals surface area contributed by atoms with Crippen LogP contribution in [0.1, 0.15) is 36.5 Å². The maximum atomic E-state index is 14.4. The molecule has 21 heavy (non-hydrogen) atoms. The van der Waals surface area contributed by atoms with Crippen LogP contribution in [0.2, 0.25) is 0 Å². The number of carbonyl (C=O) groups excluding carboxylic acids is 1. The molecule has 0 saturated heterocycles. The maximum Gasteiger partial charge on any atom is 0.258 e. The largest absolute Gasteiger partial charge is 0.372 e. The molecule has 0 aliphatic carbocycles. The highest BCUT2D eigenvalue weighted by Gasteiger charge is 2.40. The minimum Gasteiger partial charge on any atom is -0.372 e. The summed E-state index contributed by atoms with van der Waals surface area (Å²) in [5.41, 5.74) is 4.06. The summed E-state index contributed by atoms with van der Waals surface area (Å²) in [4.78, 5) is 11.8. The monoisotopic (exact) mass is 287 g/mol. The molecule has 0 fully saturated rings. The lowest BCUT2D eigenvalue weighted by Crippen LogP contribution is -2.42. The third-order valence-corrected chi connectivity index (χ3v) is 3.60. The summed E-state index contributed by atoms with van der Waals surface area (Å²) in [7, 11) is 0. The fourth-order valence-electron chi connectivity index (χ4n) is 2.29. The first-order valence-corrected chi connectivity index (χ1v) is 6.75. The van der Waals surface area contributed by atoms with Gasteiger partial charge in [-0.05, 0) is 23.1 Å². The van der Waals surface area contributed by atoms with Crippen molar-refractivity contribution < 1.29 is 14.3 Å². The van der Waals surface area contributed by atoms with Gasteiger partial charge in [-0.25, -0.2) is 4.39 Å². The average Bonchev–Trinajstić information content (AvgIpc) is 2.47. The van der Waals surface area contributed by atoms with Gasteiger partial charge in [-0.2, -0.15) is 0 Å². The minimum absolute atomic E-state index is 0.134. The van der Waals surface area contributed by atoms with E-state index in [9.17, 15) is 14.3 Å². The number of benzene rings is 2. The Morgan fingerprint density at radius 3 is 2.29 bits per heavy atom. The molecule has 4 heteroatoms. The molecular formula is C17H18FNO2. The molecule has 1 atom stereocenters. The normalized spacial score (nSPS) is 14.0. The molecule has 0 aromatic heterocycles. The van der Waals surface area contributed by atoms with Crippen LogP contribution >= 0.6 is 0 Å². The Kier molecular flexibility index (Phi) is 4.09. The van der Waals surface area contributed by atoms with Gasteiger partial charge < -0.3 is 10.8 Å². The zero-order valence-electron chi connectivity index (χ0n) is 12.0. The van der Waals surface area contributed by atoms with Crippen LogP contribution in [0.25, 0.3) is 0 Å². The van der Waals surface area contributed by atoms with Crippen molar-refractivity contribution in [2.45, 2.75) is 25.4 Å². The number of aliphatic hydroxyl groups is 1. The molecule has 1 unspecified atom stereocenters. The first-order valence-electron chi connectivity index (χ1n) is 6.75. The van der Waals surface area contributed by atoms with E-state index in [1.54, 1.807) is 36.4 Å². The van der Waals surface area contributed by atoms with Crippen LogP contribution in [0.15, 0.2) is 48.5 Å². The van der Waals surface area contributed by atoms with Gasteiger partial charge in [-0.3, -0.25) is 4.79 Å². The minimum atomic E-state index is -2.18. The van der Waals surface area contributed by atoms with E-state index in [0.717, 1.165) is 5.56 Å². The third-order valence-electron chi connectivity index (χ3n) is 3.60. The van der Waals surface area contributed by atoms with E-state index < -0.39 is 17.3 Å². The quantitative estimate of drug-likeness (QED) is 0.908. The van der Waals surface area contributed by atoms with Crippen molar-refractivity contribution in [2.24, 2.45) is 5.73 Å². The van der Waals surface area contributed by atoms with Crippen molar-refractivity contribution >= 4 is 5.91 Å². The van der Waals surface area contributed by atoms with Gasteiger partial charge in [0.25, 0.3) is 5.91 Å². The van der Waals surface area contributed by atoms with E-state index in [0.29, 0.717) is 0 Å². The Morgan fingerprint density at radius 2 is 1.81 bits per heavy atom. The van der Waals surface area contributed by atoms with Crippen LogP contribution in [0.3, 0.4) is 0 Å². The van der Waals surface area contributed by atoms with Gasteiger partial charge in [0.1, 0.15) is 5.82 Å². The number of amides is 1. The van der Waals surface area contributed by atoms with E-state index in [-0.39, 0.29) is 17.0 Å². The molecule has 0 heterocycles. The molecule has 3 nitrogen and oxygen atoms in total. The van der Waals surface area contributed by atoms with Crippen molar-refractivity contribution in [3.05, 3.63) is 71.0 Å². The number of hydrogen-bond acceptors (Lipinski definition) is 2. The van der Waals surface area contributed by atoms with Gasteiger partial charge in [-0.1, -0.05) is 56.3 Å². The molecule has 2 rings (SSSR count). The third kappa shape index (κ3) is 2.67. The summed E-state index contributed by atoms with van der Waals surface area (Å²) in [6, 6.07) is 12.6. The lowest BCUT2D eigenvalue weighted by molar-refractivity contribution is -0.133. The molecule has 0 radical (unpaired) electrons. The Hall–Kier alpha value is -2.20. The Balaban J connectivity index is 2.62. The van der Waals surface area contributed by atoms with Gasteiger partial charge in [0.2, 0.25) is 0 Å². The van der Waals surface area contributed by atoms with E-state index in [1.165, 1.54) is 12.1 Å². The summed E-state index contributed by atoms with van der Waals surface area (Å²) in [5, 5.41) is 10.7. The molecule has 0 saturated carbocycles. The number of rotatable bonds is 4. The van der Waals surface area contributed by atoms with Crippen molar-refractivity contribution in [1.82, 2.24) is 0 Å². The lowest BCUT2D eigenvalue weighted by Gasteiger charge is -2.26. The second-order valence-corrected chi connectivity index (χ2v) is 5.33. The Bertz CT molecular complexity index is 655. The molecular weight excluding hydrogens is 269 g/mol. The van der Waals surface area contributed by atoms with E-state index >= 15 is 0 Å². The van der Waals surface area contributed by atoms with Gasteiger partial charge in [0.15, 0.2) is 5.60 Å². The zero-order valence-corrected chi connectivity index (χ0v) is 12.0. The second-order valence-electron chi connectivity index (χ2n) is 5.33. The van der Waals surface area contributed by atoms with E-state index in [1.807, 2.05) is 13.8 Å².